The van der Waals surface area contributed by atoms with Crippen LogP contribution in [0.4, 0.5) is 11.4 Å². The zero-order chi connectivity index (χ0) is 24.3. The Kier molecular flexibility index (Phi) is 8.80. The molecule has 1 unspecified atom stereocenters. The molecule has 0 spiro atoms. The fourth-order valence-electron chi connectivity index (χ4n) is 3.31. The topological polar surface area (TPSA) is 99.3 Å². The number of amides is 3. The van der Waals surface area contributed by atoms with Crippen LogP contribution in [0.3, 0.4) is 0 Å². The molecule has 1 atom stereocenters. The molecular weight excluding hydrogens is 428 g/mol. The van der Waals surface area contributed by atoms with E-state index in [0.29, 0.717) is 23.4 Å². The highest BCUT2D eigenvalue weighted by molar-refractivity contribution is 5.98. The van der Waals surface area contributed by atoms with E-state index in [1.54, 1.807) is 48.5 Å². The van der Waals surface area contributed by atoms with Crippen molar-refractivity contribution in [1.82, 2.24) is 10.6 Å². The number of benzene rings is 3. The van der Waals surface area contributed by atoms with Gasteiger partial charge in [0.1, 0.15) is 0 Å². The fourth-order valence-corrected chi connectivity index (χ4v) is 3.31. The Morgan fingerprint density at radius 2 is 1.53 bits per heavy atom. The standard InChI is InChI=1S/C27H30N4O3/c1-3-16-28-26(33)22-10-7-11-24(17-22)31-25(32)18-29-23-14-12-21(13-15-23)27(34)30-19(2)20-8-5-4-6-9-20/h4-15,17,19,29H,3,16,18H2,1-2H3,(H,28,33)(H,30,34)(H,31,32). The summed E-state index contributed by atoms with van der Waals surface area (Å²) in [7, 11) is 0. The zero-order valence-electron chi connectivity index (χ0n) is 19.4. The number of nitrogens with one attached hydrogen (secondary N) is 4. The molecule has 3 aromatic rings. The zero-order valence-corrected chi connectivity index (χ0v) is 19.4. The summed E-state index contributed by atoms with van der Waals surface area (Å²) >= 11 is 0. The molecule has 0 aliphatic carbocycles. The second-order valence-electron chi connectivity index (χ2n) is 7.92. The molecule has 3 aromatic carbocycles. The summed E-state index contributed by atoms with van der Waals surface area (Å²) in [4.78, 5) is 36.9. The number of carbonyl (C=O) groups is 3. The molecule has 3 amide bonds. The monoisotopic (exact) mass is 458 g/mol. The minimum Gasteiger partial charge on any atom is -0.376 e. The van der Waals surface area contributed by atoms with E-state index in [1.165, 1.54) is 0 Å². The van der Waals surface area contributed by atoms with E-state index in [-0.39, 0.29) is 30.3 Å². The molecule has 176 valence electrons. The van der Waals surface area contributed by atoms with Gasteiger partial charge < -0.3 is 21.3 Å². The first-order valence-electron chi connectivity index (χ1n) is 11.3. The fraction of sp³-hybridized carbons (Fsp3) is 0.222. The summed E-state index contributed by atoms with van der Waals surface area (Å²) in [6.07, 6.45) is 0.853. The van der Waals surface area contributed by atoms with E-state index in [9.17, 15) is 14.4 Å². The second-order valence-corrected chi connectivity index (χ2v) is 7.92. The van der Waals surface area contributed by atoms with Crippen LogP contribution in [0.1, 0.15) is 52.6 Å². The van der Waals surface area contributed by atoms with Gasteiger partial charge in [0.25, 0.3) is 11.8 Å². The molecule has 3 rings (SSSR count). The highest BCUT2D eigenvalue weighted by atomic mass is 16.2. The lowest BCUT2D eigenvalue weighted by Gasteiger charge is -2.14. The smallest absolute Gasteiger partial charge is 0.251 e. The Bertz CT molecular complexity index is 1110. The number of anilines is 2. The predicted molar refractivity (Wildman–Crippen MR) is 135 cm³/mol. The van der Waals surface area contributed by atoms with Crippen molar-refractivity contribution in [2.45, 2.75) is 26.3 Å². The summed E-state index contributed by atoms with van der Waals surface area (Å²) in [5, 5.41) is 11.6. The molecule has 0 saturated carbocycles. The van der Waals surface area contributed by atoms with Crippen molar-refractivity contribution in [3.05, 3.63) is 95.6 Å². The van der Waals surface area contributed by atoms with Gasteiger partial charge in [0.2, 0.25) is 5.91 Å². The maximum Gasteiger partial charge on any atom is 0.251 e. The summed E-state index contributed by atoms with van der Waals surface area (Å²) in [6.45, 7) is 4.57. The normalized spacial score (nSPS) is 11.2. The van der Waals surface area contributed by atoms with Crippen LogP contribution in [0.25, 0.3) is 0 Å². The number of hydrogen-bond acceptors (Lipinski definition) is 4. The van der Waals surface area contributed by atoms with Crippen LogP contribution in [-0.4, -0.2) is 30.8 Å². The maximum absolute atomic E-state index is 12.5. The Labute approximate surface area is 200 Å². The number of rotatable bonds is 10. The average Bonchev–Trinajstić information content (AvgIpc) is 2.87. The van der Waals surface area contributed by atoms with Gasteiger partial charge in [-0.15, -0.1) is 0 Å². The van der Waals surface area contributed by atoms with Gasteiger partial charge in [-0.05, 0) is 61.4 Å². The molecule has 0 bridgehead atoms. The summed E-state index contributed by atoms with van der Waals surface area (Å²) in [5.41, 5.74) is 3.34. The van der Waals surface area contributed by atoms with Crippen LogP contribution in [0, 0.1) is 0 Å². The first kappa shape index (κ1) is 24.5. The van der Waals surface area contributed by atoms with Crippen molar-refractivity contribution in [2.24, 2.45) is 0 Å². The van der Waals surface area contributed by atoms with Crippen LogP contribution in [0.15, 0.2) is 78.9 Å². The third kappa shape index (κ3) is 7.20. The lowest BCUT2D eigenvalue weighted by molar-refractivity contribution is -0.114. The van der Waals surface area contributed by atoms with Gasteiger partial charge in [0.05, 0.1) is 12.6 Å². The minimum absolute atomic E-state index is 0.0445. The Hall–Kier alpha value is -4.13. The third-order valence-corrected chi connectivity index (χ3v) is 5.19. The van der Waals surface area contributed by atoms with Crippen LogP contribution < -0.4 is 21.3 Å². The van der Waals surface area contributed by atoms with E-state index in [1.807, 2.05) is 44.2 Å². The van der Waals surface area contributed by atoms with Crippen LogP contribution in [-0.2, 0) is 4.79 Å². The molecule has 0 saturated heterocycles. The molecule has 0 aliphatic rings. The average molecular weight is 459 g/mol. The predicted octanol–water partition coefficient (Wildman–Crippen LogP) is 4.37. The molecular formula is C27H30N4O3. The van der Waals surface area contributed by atoms with E-state index < -0.39 is 0 Å². The lowest BCUT2D eigenvalue weighted by Crippen LogP contribution is -2.26. The highest BCUT2D eigenvalue weighted by Gasteiger charge is 2.12. The van der Waals surface area contributed by atoms with E-state index in [4.69, 9.17) is 0 Å². The molecule has 4 N–H and O–H groups in total. The lowest BCUT2D eigenvalue weighted by atomic mass is 10.1. The minimum atomic E-state index is -0.246. The molecule has 0 radical (unpaired) electrons. The van der Waals surface area contributed by atoms with E-state index in [0.717, 1.165) is 17.7 Å². The second kappa shape index (κ2) is 12.2. The van der Waals surface area contributed by atoms with Gasteiger partial charge in [-0.1, -0.05) is 43.3 Å². The van der Waals surface area contributed by atoms with Gasteiger partial charge in [-0.25, -0.2) is 0 Å². The molecule has 0 heterocycles. The van der Waals surface area contributed by atoms with Gasteiger partial charge in [0.15, 0.2) is 0 Å². The van der Waals surface area contributed by atoms with Crippen molar-refractivity contribution in [1.29, 1.82) is 0 Å². The maximum atomic E-state index is 12.5. The van der Waals surface area contributed by atoms with Gasteiger partial charge >= 0.3 is 0 Å². The van der Waals surface area contributed by atoms with Crippen LogP contribution in [0.2, 0.25) is 0 Å². The Morgan fingerprint density at radius 1 is 0.794 bits per heavy atom. The molecule has 0 aliphatic heterocycles. The molecule has 0 fully saturated rings. The first-order valence-corrected chi connectivity index (χ1v) is 11.3. The first-order chi connectivity index (χ1) is 16.5. The van der Waals surface area contributed by atoms with Crippen molar-refractivity contribution >= 4 is 29.1 Å². The quantitative estimate of drug-likeness (QED) is 0.363. The van der Waals surface area contributed by atoms with Crippen molar-refractivity contribution in [3.63, 3.8) is 0 Å². The number of hydrogen-bond donors (Lipinski definition) is 4. The molecule has 7 heteroatoms. The summed E-state index contributed by atoms with van der Waals surface area (Å²) in [5.74, 6) is -0.577. The van der Waals surface area contributed by atoms with Crippen molar-refractivity contribution in [2.75, 3.05) is 23.7 Å². The van der Waals surface area contributed by atoms with Gasteiger partial charge in [0, 0.05) is 29.0 Å². The third-order valence-electron chi connectivity index (χ3n) is 5.19. The highest BCUT2D eigenvalue weighted by Crippen LogP contribution is 2.15. The molecule has 34 heavy (non-hydrogen) atoms. The summed E-state index contributed by atoms with van der Waals surface area (Å²) < 4.78 is 0. The van der Waals surface area contributed by atoms with Crippen molar-refractivity contribution in [3.8, 4) is 0 Å². The van der Waals surface area contributed by atoms with E-state index >= 15 is 0 Å². The summed E-state index contributed by atoms with van der Waals surface area (Å²) in [6, 6.07) is 23.4. The SMILES string of the molecule is CCCNC(=O)c1cccc(NC(=O)CNc2ccc(C(=O)NC(C)c3ccccc3)cc2)c1. The molecule has 0 aromatic heterocycles. The van der Waals surface area contributed by atoms with Crippen LogP contribution >= 0.6 is 0 Å². The van der Waals surface area contributed by atoms with Crippen LogP contribution in [0.5, 0.6) is 0 Å². The Balaban J connectivity index is 1.49. The van der Waals surface area contributed by atoms with Gasteiger partial charge in [-0.3, -0.25) is 14.4 Å². The largest absolute Gasteiger partial charge is 0.376 e. The van der Waals surface area contributed by atoms with Crippen molar-refractivity contribution < 1.29 is 14.4 Å². The number of carbonyl (C=O) groups excluding carboxylic acids is 3. The molecule has 7 nitrogen and oxygen atoms in total. The Morgan fingerprint density at radius 3 is 2.24 bits per heavy atom. The van der Waals surface area contributed by atoms with Gasteiger partial charge in [-0.2, -0.15) is 0 Å². The van der Waals surface area contributed by atoms with E-state index in [2.05, 4.69) is 21.3 Å².